The molecule has 182 valence electrons. The van der Waals surface area contributed by atoms with Gasteiger partial charge < -0.3 is 18.9 Å². The average molecular weight is 490 g/mol. The largest absolute Gasteiger partial charge is 0.466 e. The Hall–Kier alpha value is -3.30. The predicted octanol–water partition coefficient (Wildman–Crippen LogP) is -1.54. The fourth-order valence-corrected chi connectivity index (χ4v) is 3.57. The Bertz CT molecular complexity index is 1170. The lowest BCUT2D eigenvalue weighted by Crippen LogP contribution is -2.42. The van der Waals surface area contributed by atoms with Gasteiger partial charge in [0.15, 0.2) is 12.3 Å². The number of esters is 3. The molecule has 2 heterocycles. The molecule has 0 saturated carbocycles. The van der Waals surface area contributed by atoms with E-state index in [1.165, 1.54) is 0 Å². The Morgan fingerprint density at radius 2 is 1.85 bits per heavy atom. The molecule has 0 aliphatic carbocycles. The van der Waals surface area contributed by atoms with E-state index >= 15 is 0 Å². The van der Waals surface area contributed by atoms with Gasteiger partial charge in [-0.1, -0.05) is 0 Å². The van der Waals surface area contributed by atoms with E-state index in [0.29, 0.717) is 0 Å². The minimum Gasteiger partial charge on any atom is -0.466 e. The van der Waals surface area contributed by atoms with Crippen LogP contribution in [0.15, 0.2) is 21.9 Å². The molecule has 4 atom stereocenters. The first-order valence-electron chi connectivity index (χ1n) is 9.28. The van der Waals surface area contributed by atoms with Crippen molar-refractivity contribution in [3.05, 3.63) is 38.7 Å². The van der Waals surface area contributed by atoms with Crippen LogP contribution in [0.4, 0.5) is 0 Å². The van der Waals surface area contributed by atoms with E-state index in [4.69, 9.17) is 18.4 Å². The molecule has 1 aliphatic heterocycles. The van der Waals surface area contributed by atoms with Gasteiger partial charge in [-0.05, 0) is 6.08 Å². The minimum atomic E-state index is -4.12. The van der Waals surface area contributed by atoms with Crippen LogP contribution in [-0.4, -0.2) is 74.2 Å². The van der Waals surface area contributed by atoms with Crippen molar-refractivity contribution in [2.75, 3.05) is 20.0 Å². The maximum absolute atomic E-state index is 12.5. The Balaban J connectivity index is 2.57. The molecule has 33 heavy (non-hydrogen) atoms. The quantitative estimate of drug-likeness (QED) is 0.192. The lowest BCUT2D eigenvalue weighted by Gasteiger charge is -2.23. The minimum absolute atomic E-state index is 0.172. The molecule has 0 bridgehead atoms. The number of methoxy groups -OCH3 is 1. The van der Waals surface area contributed by atoms with E-state index in [2.05, 4.69) is 4.74 Å². The maximum Gasteiger partial charge on any atom is 0.330 e. The van der Waals surface area contributed by atoms with Crippen molar-refractivity contribution >= 4 is 34.1 Å². The zero-order valence-corrected chi connectivity index (χ0v) is 18.8. The molecule has 1 fully saturated rings. The van der Waals surface area contributed by atoms with Gasteiger partial charge in [0.05, 0.1) is 18.9 Å². The van der Waals surface area contributed by atoms with Crippen LogP contribution in [0.1, 0.15) is 25.6 Å². The van der Waals surface area contributed by atoms with Gasteiger partial charge in [0.1, 0.15) is 18.8 Å². The van der Waals surface area contributed by atoms with Crippen LogP contribution >= 0.6 is 0 Å². The molecule has 1 saturated heterocycles. The number of ether oxygens (including phenoxy) is 4. The Morgan fingerprint density at radius 3 is 2.39 bits per heavy atom. The smallest absolute Gasteiger partial charge is 0.330 e. The van der Waals surface area contributed by atoms with Gasteiger partial charge in [-0.3, -0.25) is 28.1 Å². The molecule has 0 amide bonds. The van der Waals surface area contributed by atoms with E-state index in [-0.39, 0.29) is 5.56 Å². The Labute approximate surface area is 187 Å². The van der Waals surface area contributed by atoms with Crippen LogP contribution < -0.4 is 11.2 Å². The van der Waals surface area contributed by atoms with Gasteiger partial charge >= 0.3 is 23.6 Å². The highest BCUT2D eigenvalue weighted by molar-refractivity contribution is 7.86. The van der Waals surface area contributed by atoms with Crippen LogP contribution in [0.2, 0.25) is 0 Å². The molecule has 14 nitrogen and oxygen atoms in total. The normalized spacial score (nSPS) is 22.8. The zero-order valence-electron chi connectivity index (χ0n) is 18.0. The number of aromatic nitrogens is 2. The number of hydrogen-bond donors (Lipinski definition) is 1. The number of nitrogens with one attached hydrogen (secondary N) is 1. The summed E-state index contributed by atoms with van der Waals surface area (Å²) in [6.07, 6.45) is -2.01. The van der Waals surface area contributed by atoms with Crippen LogP contribution in [0, 0.1) is 0 Å². The average Bonchev–Trinajstić information content (AvgIpc) is 3.00. The predicted molar refractivity (Wildman–Crippen MR) is 108 cm³/mol. The molecular weight excluding hydrogens is 468 g/mol. The molecule has 15 heteroatoms. The second kappa shape index (κ2) is 10.5. The third-order valence-electron chi connectivity index (χ3n) is 4.19. The highest BCUT2D eigenvalue weighted by Crippen LogP contribution is 2.34. The molecule has 0 radical (unpaired) electrons. The van der Waals surface area contributed by atoms with Gasteiger partial charge in [0.25, 0.3) is 15.7 Å². The van der Waals surface area contributed by atoms with Crippen molar-refractivity contribution < 1.29 is 45.9 Å². The number of H-pyrrole nitrogens is 1. The first-order chi connectivity index (χ1) is 15.3. The number of aromatic amines is 1. The summed E-state index contributed by atoms with van der Waals surface area (Å²) in [6.45, 7) is 1.65. The molecule has 1 aliphatic rings. The number of rotatable bonds is 8. The topological polar surface area (TPSA) is 186 Å². The van der Waals surface area contributed by atoms with Gasteiger partial charge in [-0.25, -0.2) is 9.59 Å². The molecule has 0 aromatic carbocycles. The Morgan fingerprint density at radius 1 is 1.18 bits per heavy atom. The standard InChI is InChI=1S/C18H22N2O12S/c1-9(21)29-8-12-14(32-33(4,26)27)15(30-10(2)22)17(31-12)20-7-11(5-6-13(23)28-3)16(24)19-18(20)25/h5-7,12,14-15,17H,8H2,1-4H3,(H,19,24,25)/t12-,14+,15-,17-/m1/s1. The second-order valence-electron chi connectivity index (χ2n) is 6.81. The van der Waals surface area contributed by atoms with Gasteiger partial charge in [-0.15, -0.1) is 0 Å². The zero-order chi connectivity index (χ0) is 24.9. The third kappa shape index (κ3) is 7.10. The van der Waals surface area contributed by atoms with E-state index in [0.717, 1.165) is 50.1 Å². The van der Waals surface area contributed by atoms with Crippen LogP contribution in [0.5, 0.6) is 0 Å². The molecule has 1 aromatic rings. The first-order valence-corrected chi connectivity index (χ1v) is 11.1. The summed E-state index contributed by atoms with van der Waals surface area (Å²) in [7, 11) is -2.99. The summed E-state index contributed by atoms with van der Waals surface area (Å²) < 4.78 is 49.6. The summed E-state index contributed by atoms with van der Waals surface area (Å²) in [5.41, 5.74) is -2.02. The van der Waals surface area contributed by atoms with Crippen molar-refractivity contribution in [2.24, 2.45) is 0 Å². The van der Waals surface area contributed by atoms with Crippen molar-refractivity contribution in [3.63, 3.8) is 0 Å². The van der Waals surface area contributed by atoms with E-state index < -0.39 is 70.4 Å². The fourth-order valence-electron chi connectivity index (χ4n) is 2.94. The second-order valence-corrected chi connectivity index (χ2v) is 8.41. The molecular formula is C18H22N2O12S. The van der Waals surface area contributed by atoms with E-state index in [1.807, 2.05) is 4.98 Å². The molecule has 0 spiro atoms. The van der Waals surface area contributed by atoms with Crippen LogP contribution in [-0.2, 0) is 47.6 Å². The molecule has 1 aromatic heterocycles. The van der Waals surface area contributed by atoms with Crippen molar-refractivity contribution in [1.82, 2.24) is 9.55 Å². The first kappa shape index (κ1) is 26.0. The molecule has 2 rings (SSSR count). The summed E-state index contributed by atoms with van der Waals surface area (Å²) in [6, 6.07) is 0. The maximum atomic E-state index is 12.5. The third-order valence-corrected chi connectivity index (χ3v) is 4.77. The number of hydrogen-bond acceptors (Lipinski definition) is 12. The molecule has 1 N–H and O–H groups in total. The van der Waals surface area contributed by atoms with Crippen molar-refractivity contribution in [3.8, 4) is 0 Å². The highest BCUT2D eigenvalue weighted by Gasteiger charge is 2.51. The van der Waals surface area contributed by atoms with Crippen molar-refractivity contribution in [1.29, 1.82) is 0 Å². The highest BCUT2D eigenvalue weighted by atomic mass is 32.2. The van der Waals surface area contributed by atoms with Crippen molar-refractivity contribution in [2.45, 2.75) is 38.4 Å². The SMILES string of the molecule is COC(=O)C=Cc1cn([C@@H]2O[C@H](COC(C)=O)[C@H](OS(C)(=O)=O)[C@H]2OC(C)=O)c(=O)[nH]c1=O. The Kier molecular flexibility index (Phi) is 8.29. The van der Waals surface area contributed by atoms with Crippen LogP contribution in [0.25, 0.3) is 6.08 Å². The van der Waals surface area contributed by atoms with Gasteiger partial charge in [-0.2, -0.15) is 8.42 Å². The summed E-state index contributed by atoms with van der Waals surface area (Å²) in [5, 5.41) is 0. The van der Waals surface area contributed by atoms with E-state index in [9.17, 15) is 32.4 Å². The van der Waals surface area contributed by atoms with Crippen LogP contribution in [0.3, 0.4) is 0 Å². The fraction of sp³-hybridized carbons (Fsp3) is 0.500. The van der Waals surface area contributed by atoms with Gasteiger partial charge in [0, 0.05) is 26.1 Å². The van der Waals surface area contributed by atoms with E-state index in [1.54, 1.807) is 0 Å². The number of carbonyl (C=O) groups is 3. The summed E-state index contributed by atoms with van der Waals surface area (Å²) >= 11 is 0. The number of carbonyl (C=O) groups excluding carboxylic acids is 3. The molecule has 0 unspecified atom stereocenters. The lowest BCUT2D eigenvalue weighted by molar-refractivity contribution is -0.155. The summed E-state index contributed by atoms with van der Waals surface area (Å²) in [4.78, 5) is 60.9. The number of nitrogens with zero attached hydrogens (tertiary/aromatic N) is 1. The lowest BCUT2D eigenvalue weighted by atomic mass is 10.1. The monoisotopic (exact) mass is 490 g/mol. The summed E-state index contributed by atoms with van der Waals surface area (Å²) in [5.74, 6) is -2.34. The van der Waals surface area contributed by atoms with Gasteiger partial charge in [0.2, 0.25) is 0 Å².